The van der Waals surface area contributed by atoms with Crippen LogP contribution in [0.25, 0.3) is 17.2 Å². The molecular formula is C30H41. The molecule has 1 aliphatic carbocycles. The van der Waals surface area contributed by atoms with Crippen molar-refractivity contribution in [1.82, 2.24) is 0 Å². The van der Waals surface area contributed by atoms with Crippen molar-refractivity contribution in [2.24, 2.45) is 5.41 Å². The molecule has 0 heteroatoms. The molecule has 0 bridgehead atoms. The summed E-state index contributed by atoms with van der Waals surface area (Å²) in [6.07, 6.45) is 7.12. The molecule has 0 aromatic heterocycles. The van der Waals surface area contributed by atoms with Gasteiger partial charge in [0.1, 0.15) is 0 Å². The largest absolute Gasteiger partial charge is 0.0651 e. The third kappa shape index (κ3) is 4.58. The second kappa shape index (κ2) is 7.70. The third-order valence-corrected chi connectivity index (χ3v) is 6.32. The SMILES string of the molecule is CCCc1ccc2c(c1-c1cc(C(C)(C)C)cc(C(C)(C)C)c1)C=C(C(C)(C)C)[CH]2. The van der Waals surface area contributed by atoms with Crippen molar-refractivity contribution >= 4 is 6.08 Å². The molecule has 0 aliphatic heterocycles. The minimum atomic E-state index is 0.122. The van der Waals surface area contributed by atoms with Gasteiger partial charge in [0.2, 0.25) is 0 Å². The Hall–Kier alpha value is -1.82. The Bertz CT molecular complexity index is 931. The van der Waals surface area contributed by atoms with Crippen molar-refractivity contribution in [3.05, 3.63) is 70.1 Å². The average Bonchev–Trinajstić information content (AvgIpc) is 3.04. The highest BCUT2D eigenvalue weighted by atomic mass is 14.3. The van der Waals surface area contributed by atoms with Gasteiger partial charge in [-0.05, 0) is 61.6 Å². The van der Waals surface area contributed by atoms with E-state index in [0.717, 1.165) is 12.8 Å². The van der Waals surface area contributed by atoms with Gasteiger partial charge in [-0.15, -0.1) is 0 Å². The van der Waals surface area contributed by atoms with Crippen LogP contribution < -0.4 is 0 Å². The summed E-state index contributed by atoms with van der Waals surface area (Å²) < 4.78 is 0. The molecule has 0 unspecified atom stereocenters. The molecule has 0 spiro atoms. The number of hydrogen-bond acceptors (Lipinski definition) is 0. The average molecular weight is 402 g/mol. The van der Waals surface area contributed by atoms with Crippen molar-refractivity contribution in [3.63, 3.8) is 0 Å². The van der Waals surface area contributed by atoms with Crippen LogP contribution >= 0.6 is 0 Å². The van der Waals surface area contributed by atoms with Gasteiger partial charge in [0, 0.05) is 6.42 Å². The Labute approximate surface area is 185 Å². The Kier molecular flexibility index (Phi) is 5.87. The first-order valence-electron chi connectivity index (χ1n) is 11.6. The highest BCUT2D eigenvalue weighted by Gasteiger charge is 2.27. The van der Waals surface area contributed by atoms with E-state index >= 15 is 0 Å². The number of benzene rings is 2. The van der Waals surface area contributed by atoms with Crippen LogP contribution in [0.4, 0.5) is 0 Å². The molecule has 161 valence electrons. The Morgan fingerprint density at radius 1 is 0.700 bits per heavy atom. The van der Waals surface area contributed by atoms with Crippen LogP contribution in [0.3, 0.4) is 0 Å². The number of allylic oxidation sites excluding steroid dienone is 1. The summed E-state index contributed by atoms with van der Waals surface area (Å²) in [7, 11) is 0. The highest BCUT2D eigenvalue weighted by molar-refractivity contribution is 5.86. The minimum Gasteiger partial charge on any atom is -0.0651 e. The molecule has 1 radical (unpaired) electrons. The lowest BCUT2D eigenvalue weighted by Gasteiger charge is -2.27. The fraction of sp³-hybridized carbons (Fsp3) is 0.500. The van der Waals surface area contributed by atoms with Gasteiger partial charge in [0.05, 0.1) is 0 Å². The highest BCUT2D eigenvalue weighted by Crippen LogP contribution is 2.44. The van der Waals surface area contributed by atoms with Crippen LogP contribution in [-0.4, -0.2) is 0 Å². The van der Waals surface area contributed by atoms with E-state index in [1.54, 1.807) is 0 Å². The summed E-state index contributed by atoms with van der Waals surface area (Å²) in [5.74, 6) is 0. The topological polar surface area (TPSA) is 0 Å². The Morgan fingerprint density at radius 3 is 1.73 bits per heavy atom. The van der Waals surface area contributed by atoms with Gasteiger partial charge < -0.3 is 0 Å². The summed E-state index contributed by atoms with van der Waals surface area (Å²) >= 11 is 0. The molecule has 0 heterocycles. The number of rotatable bonds is 3. The fourth-order valence-corrected chi connectivity index (χ4v) is 4.22. The van der Waals surface area contributed by atoms with E-state index < -0.39 is 0 Å². The summed E-state index contributed by atoms with van der Waals surface area (Å²) in [4.78, 5) is 0. The van der Waals surface area contributed by atoms with Gasteiger partial charge in [-0.1, -0.05) is 118 Å². The van der Waals surface area contributed by atoms with Gasteiger partial charge in [-0.2, -0.15) is 0 Å². The van der Waals surface area contributed by atoms with Crippen LogP contribution in [0.1, 0.15) is 103 Å². The van der Waals surface area contributed by atoms with Gasteiger partial charge in [0.25, 0.3) is 0 Å². The first kappa shape index (κ1) is 22.9. The van der Waals surface area contributed by atoms with Crippen molar-refractivity contribution < 1.29 is 0 Å². The molecule has 30 heavy (non-hydrogen) atoms. The lowest BCUT2D eigenvalue weighted by molar-refractivity contribution is 0.516. The van der Waals surface area contributed by atoms with Gasteiger partial charge in [-0.25, -0.2) is 0 Å². The van der Waals surface area contributed by atoms with Crippen LogP contribution in [0, 0.1) is 11.8 Å². The minimum absolute atomic E-state index is 0.122. The Balaban J connectivity index is 2.33. The van der Waals surface area contributed by atoms with Crippen molar-refractivity contribution in [2.75, 3.05) is 0 Å². The molecule has 0 N–H and O–H groups in total. The molecule has 1 aliphatic rings. The zero-order chi connectivity index (χ0) is 22.5. The second-order valence-corrected chi connectivity index (χ2v) is 12.1. The molecule has 0 saturated carbocycles. The third-order valence-electron chi connectivity index (χ3n) is 6.32. The monoisotopic (exact) mass is 401 g/mol. The molecule has 0 nitrogen and oxygen atoms in total. The Morgan fingerprint density at radius 2 is 1.27 bits per heavy atom. The predicted octanol–water partition coefficient (Wildman–Crippen LogP) is 8.90. The molecular weight excluding hydrogens is 360 g/mol. The van der Waals surface area contributed by atoms with Crippen LogP contribution in [0.5, 0.6) is 0 Å². The molecule has 0 amide bonds. The molecule has 0 atom stereocenters. The first-order valence-corrected chi connectivity index (χ1v) is 11.6. The van der Waals surface area contributed by atoms with Crippen molar-refractivity contribution in [1.29, 1.82) is 0 Å². The first-order chi connectivity index (χ1) is 13.7. The van der Waals surface area contributed by atoms with Gasteiger partial charge in [-0.3, -0.25) is 0 Å². The van der Waals surface area contributed by atoms with Crippen LogP contribution in [0.15, 0.2) is 35.9 Å². The van der Waals surface area contributed by atoms with E-state index in [1.807, 2.05) is 0 Å². The van der Waals surface area contributed by atoms with Crippen molar-refractivity contribution in [2.45, 2.75) is 92.9 Å². The zero-order valence-electron chi connectivity index (χ0n) is 21.0. The molecule has 3 rings (SSSR count). The van der Waals surface area contributed by atoms with E-state index in [1.165, 1.54) is 44.5 Å². The summed E-state index contributed by atoms with van der Waals surface area (Å²) in [6.45, 7) is 23.2. The van der Waals surface area contributed by atoms with Gasteiger partial charge in [0.15, 0.2) is 0 Å². The molecule has 0 saturated heterocycles. The van der Waals surface area contributed by atoms with Crippen LogP contribution in [-0.2, 0) is 17.3 Å². The van der Waals surface area contributed by atoms with E-state index in [4.69, 9.17) is 0 Å². The van der Waals surface area contributed by atoms with E-state index in [9.17, 15) is 0 Å². The smallest absolute Gasteiger partial charge is 0.0170 e. The zero-order valence-corrected chi connectivity index (χ0v) is 21.0. The summed E-state index contributed by atoms with van der Waals surface area (Å²) in [5, 5.41) is 0. The maximum atomic E-state index is 2.45. The molecule has 0 fully saturated rings. The lowest BCUT2D eigenvalue weighted by Crippen LogP contribution is -2.16. The standard InChI is InChI=1S/C30H41/c1-11-12-20-13-14-21-15-25(30(8,9)10)19-26(21)27(20)22-16-23(28(2,3)4)18-24(17-22)29(5,6)7/h13-19H,11-12H2,1-10H3. The maximum absolute atomic E-state index is 2.45. The normalized spacial score (nSPS) is 14.7. The molecule has 2 aromatic rings. The van der Waals surface area contributed by atoms with Gasteiger partial charge >= 0.3 is 0 Å². The maximum Gasteiger partial charge on any atom is 0.0170 e. The lowest BCUT2D eigenvalue weighted by atomic mass is 9.78. The van der Waals surface area contributed by atoms with E-state index in [0.29, 0.717) is 0 Å². The van der Waals surface area contributed by atoms with Crippen molar-refractivity contribution in [3.8, 4) is 11.1 Å². The number of aryl methyl sites for hydroxylation is 1. The number of fused-ring (bicyclic) bond motifs is 1. The second-order valence-electron chi connectivity index (χ2n) is 12.1. The molecule has 2 aromatic carbocycles. The van der Waals surface area contributed by atoms with E-state index in [-0.39, 0.29) is 16.2 Å². The summed E-state index contributed by atoms with van der Waals surface area (Å²) in [6, 6.07) is 12.0. The number of hydrogen-bond donors (Lipinski definition) is 0. The van der Waals surface area contributed by atoms with E-state index in [2.05, 4.69) is 112 Å². The predicted molar refractivity (Wildman–Crippen MR) is 134 cm³/mol. The van der Waals surface area contributed by atoms with Crippen LogP contribution in [0.2, 0.25) is 0 Å². The quantitative estimate of drug-likeness (QED) is 0.481. The summed E-state index contributed by atoms with van der Waals surface area (Å²) in [5.41, 5.74) is 11.8. The fourth-order valence-electron chi connectivity index (χ4n) is 4.22.